The van der Waals surface area contributed by atoms with E-state index in [1.807, 2.05) is 0 Å². The van der Waals surface area contributed by atoms with Gasteiger partial charge in [0.05, 0.1) is 17.7 Å². The highest BCUT2D eigenvalue weighted by Crippen LogP contribution is 2.14. The first-order valence-corrected chi connectivity index (χ1v) is 7.57. The lowest BCUT2D eigenvalue weighted by molar-refractivity contribution is 0.0885. The quantitative estimate of drug-likeness (QED) is 0.910. The summed E-state index contributed by atoms with van der Waals surface area (Å²) in [5, 5.41) is 3.31. The van der Waals surface area contributed by atoms with Crippen LogP contribution in [0.15, 0.2) is 24.3 Å². The van der Waals surface area contributed by atoms with Crippen molar-refractivity contribution in [2.45, 2.75) is 0 Å². The van der Waals surface area contributed by atoms with Gasteiger partial charge in [0.2, 0.25) is 0 Å². The number of hydrogen-bond donors (Lipinski definition) is 1. The normalized spacial score (nSPS) is 15.5. The number of ether oxygens (including phenoxy) is 1. The van der Waals surface area contributed by atoms with E-state index in [4.69, 9.17) is 16.3 Å². The lowest BCUT2D eigenvalue weighted by Gasteiger charge is -2.33. The Kier molecular flexibility index (Phi) is 6.03. The van der Waals surface area contributed by atoms with Gasteiger partial charge in [0, 0.05) is 39.3 Å². The van der Waals surface area contributed by atoms with Gasteiger partial charge in [-0.25, -0.2) is 4.79 Å². The fourth-order valence-corrected chi connectivity index (χ4v) is 2.57. The molecule has 1 aromatic rings. The standard InChI is InChI=1S/C15H20ClN3O3/c1-22-15(21)19-10-8-18(9-11-19)7-6-17-14(20)12-4-2-3-5-13(12)16/h2-5H,6-11H2,1H3,(H,17,20). The minimum absolute atomic E-state index is 0.168. The van der Waals surface area contributed by atoms with E-state index < -0.39 is 0 Å². The molecule has 6 nitrogen and oxygen atoms in total. The summed E-state index contributed by atoms with van der Waals surface area (Å²) >= 11 is 5.99. The van der Waals surface area contributed by atoms with Crippen molar-refractivity contribution in [3.8, 4) is 0 Å². The minimum Gasteiger partial charge on any atom is -0.453 e. The number of carbonyl (C=O) groups is 2. The smallest absolute Gasteiger partial charge is 0.409 e. The number of nitrogens with one attached hydrogen (secondary N) is 1. The maximum atomic E-state index is 12.0. The van der Waals surface area contributed by atoms with Gasteiger partial charge in [-0.3, -0.25) is 9.69 Å². The minimum atomic E-state index is -0.285. The van der Waals surface area contributed by atoms with Crippen LogP contribution in [0.2, 0.25) is 5.02 Å². The van der Waals surface area contributed by atoms with Crippen LogP contribution >= 0.6 is 11.6 Å². The lowest BCUT2D eigenvalue weighted by atomic mass is 10.2. The predicted molar refractivity (Wildman–Crippen MR) is 84.2 cm³/mol. The Morgan fingerprint density at radius 2 is 1.91 bits per heavy atom. The highest BCUT2D eigenvalue weighted by molar-refractivity contribution is 6.33. The molecule has 120 valence electrons. The van der Waals surface area contributed by atoms with Crippen molar-refractivity contribution in [1.82, 2.24) is 15.1 Å². The number of halogens is 1. The average molecular weight is 326 g/mol. The van der Waals surface area contributed by atoms with Crippen LogP contribution in [0.25, 0.3) is 0 Å². The van der Waals surface area contributed by atoms with Crippen molar-refractivity contribution in [2.75, 3.05) is 46.4 Å². The molecule has 1 saturated heterocycles. The Morgan fingerprint density at radius 1 is 1.23 bits per heavy atom. The van der Waals surface area contributed by atoms with E-state index >= 15 is 0 Å². The molecule has 0 atom stereocenters. The summed E-state index contributed by atoms with van der Waals surface area (Å²) in [5.41, 5.74) is 0.486. The SMILES string of the molecule is COC(=O)N1CCN(CCNC(=O)c2ccccc2Cl)CC1. The molecule has 22 heavy (non-hydrogen) atoms. The van der Waals surface area contributed by atoms with Gasteiger partial charge < -0.3 is 15.0 Å². The van der Waals surface area contributed by atoms with Crippen LogP contribution in [0.3, 0.4) is 0 Å². The Labute approximate surface area is 135 Å². The molecule has 1 aliphatic heterocycles. The van der Waals surface area contributed by atoms with E-state index in [1.165, 1.54) is 7.11 Å². The fraction of sp³-hybridized carbons (Fsp3) is 0.467. The van der Waals surface area contributed by atoms with E-state index in [0.717, 1.165) is 19.6 Å². The van der Waals surface area contributed by atoms with E-state index in [-0.39, 0.29) is 12.0 Å². The number of piperazine rings is 1. The van der Waals surface area contributed by atoms with Gasteiger partial charge in [0.25, 0.3) is 5.91 Å². The third-order valence-corrected chi connectivity index (χ3v) is 3.97. The van der Waals surface area contributed by atoms with E-state index in [2.05, 4.69) is 10.2 Å². The number of amides is 2. The summed E-state index contributed by atoms with van der Waals surface area (Å²) in [6.45, 7) is 4.12. The zero-order valence-electron chi connectivity index (χ0n) is 12.5. The second-order valence-electron chi connectivity index (χ2n) is 5.03. The van der Waals surface area contributed by atoms with Gasteiger partial charge in [-0.15, -0.1) is 0 Å². The molecule has 1 N–H and O–H groups in total. The summed E-state index contributed by atoms with van der Waals surface area (Å²) in [6.07, 6.45) is -0.285. The molecule has 0 saturated carbocycles. The largest absolute Gasteiger partial charge is 0.453 e. The molecule has 1 fully saturated rings. The van der Waals surface area contributed by atoms with Gasteiger partial charge >= 0.3 is 6.09 Å². The second kappa shape index (κ2) is 8.00. The summed E-state index contributed by atoms with van der Waals surface area (Å²) < 4.78 is 4.70. The van der Waals surface area contributed by atoms with Gasteiger partial charge in [-0.2, -0.15) is 0 Å². The van der Waals surface area contributed by atoms with Gasteiger partial charge in [-0.05, 0) is 12.1 Å². The summed E-state index contributed by atoms with van der Waals surface area (Å²) in [4.78, 5) is 27.3. The van der Waals surface area contributed by atoms with Crippen LogP contribution in [-0.4, -0.2) is 68.2 Å². The summed E-state index contributed by atoms with van der Waals surface area (Å²) in [6, 6.07) is 6.97. The van der Waals surface area contributed by atoms with Gasteiger partial charge in [0.15, 0.2) is 0 Å². The van der Waals surface area contributed by atoms with E-state index in [0.29, 0.717) is 30.2 Å². The van der Waals surface area contributed by atoms with Crippen LogP contribution in [-0.2, 0) is 4.74 Å². The van der Waals surface area contributed by atoms with Crippen molar-refractivity contribution in [1.29, 1.82) is 0 Å². The predicted octanol–water partition coefficient (Wildman–Crippen LogP) is 1.45. The van der Waals surface area contributed by atoms with Gasteiger partial charge in [-0.1, -0.05) is 23.7 Å². The molecule has 2 amide bonds. The van der Waals surface area contributed by atoms with Crippen LogP contribution in [0.5, 0.6) is 0 Å². The lowest BCUT2D eigenvalue weighted by Crippen LogP contribution is -2.50. The molecule has 7 heteroatoms. The molecule has 0 unspecified atom stereocenters. The fourth-order valence-electron chi connectivity index (χ4n) is 2.35. The molecule has 1 heterocycles. The first-order valence-electron chi connectivity index (χ1n) is 7.20. The Balaban J connectivity index is 1.71. The molecule has 1 aliphatic rings. The highest BCUT2D eigenvalue weighted by atomic mass is 35.5. The molecular formula is C15H20ClN3O3. The monoisotopic (exact) mass is 325 g/mol. The molecule has 0 spiro atoms. The maximum Gasteiger partial charge on any atom is 0.409 e. The Hall–Kier alpha value is -1.79. The first kappa shape index (κ1) is 16.6. The van der Waals surface area contributed by atoms with E-state index in [1.54, 1.807) is 29.2 Å². The van der Waals surface area contributed by atoms with Crippen LogP contribution in [0.4, 0.5) is 4.79 Å². The molecule has 1 aromatic carbocycles. The van der Waals surface area contributed by atoms with Crippen molar-refractivity contribution < 1.29 is 14.3 Å². The third kappa shape index (κ3) is 4.35. The number of carbonyl (C=O) groups excluding carboxylic acids is 2. The summed E-state index contributed by atoms with van der Waals surface area (Å²) in [5.74, 6) is -0.168. The van der Waals surface area contributed by atoms with Crippen molar-refractivity contribution in [3.63, 3.8) is 0 Å². The third-order valence-electron chi connectivity index (χ3n) is 3.64. The van der Waals surface area contributed by atoms with Crippen molar-refractivity contribution >= 4 is 23.6 Å². The average Bonchev–Trinajstić information content (AvgIpc) is 2.55. The van der Waals surface area contributed by atoms with Crippen LogP contribution < -0.4 is 5.32 Å². The molecule has 0 aromatic heterocycles. The first-order chi connectivity index (χ1) is 10.6. The van der Waals surface area contributed by atoms with Crippen molar-refractivity contribution in [2.24, 2.45) is 0 Å². The molecule has 2 rings (SSSR count). The zero-order valence-corrected chi connectivity index (χ0v) is 13.3. The topological polar surface area (TPSA) is 61.9 Å². The van der Waals surface area contributed by atoms with Crippen LogP contribution in [0, 0.1) is 0 Å². The van der Waals surface area contributed by atoms with Crippen LogP contribution in [0.1, 0.15) is 10.4 Å². The van der Waals surface area contributed by atoms with Crippen molar-refractivity contribution in [3.05, 3.63) is 34.9 Å². The molecular weight excluding hydrogens is 306 g/mol. The number of methoxy groups -OCH3 is 1. The van der Waals surface area contributed by atoms with E-state index in [9.17, 15) is 9.59 Å². The number of rotatable bonds is 4. The number of hydrogen-bond acceptors (Lipinski definition) is 4. The second-order valence-corrected chi connectivity index (χ2v) is 5.44. The molecule has 0 radical (unpaired) electrons. The molecule has 0 aliphatic carbocycles. The number of benzene rings is 1. The zero-order chi connectivity index (χ0) is 15.9. The summed E-state index contributed by atoms with van der Waals surface area (Å²) in [7, 11) is 1.39. The highest BCUT2D eigenvalue weighted by Gasteiger charge is 2.21. The Morgan fingerprint density at radius 3 is 2.55 bits per heavy atom. The number of nitrogens with zero attached hydrogens (tertiary/aromatic N) is 2. The maximum absolute atomic E-state index is 12.0. The molecule has 0 bridgehead atoms. The Bertz CT molecular complexity index is 531. The van der Waals surface area contributed by atoms with Gasteiger partial charge in [0.1, 0.15) is 0 Å².